The summed E-state index contributed by atoms with van der Waals surface area (Å²) in [6, 6.07) is 0. The smallest absolute Gasteiger partial charge is 0.00338 e. The van der Waals surface area contributed by atoms with Crippen LogP contribution in [0.1, 0.15) is 45.4 Å². The molecule has 2 bridgehead atoms. The number of hydrogen-bond acceptors (Lipinski definition) is 1. The van der Waals surface area contributed by atoms with Crippen molar-refractivity contribution in [2.24, 2.45) is 23.7 Å². The molecular weight excluding hydrogens is 274 g/mol. The molecule has 0 aromatic carbocycles. The van der Waals surface area contributed by atoms with Gasteiger partial charge in [0.1, 0.15) is 0 Å². The highest BCUT2D eigenvalue weighted by atomic mass is 79.9. The Kier molecular flexibility index (Phi) is 5.35. The van der Waals surface area contributed by atoms with Crippen molar-refractivity contribution < 1.29 is 0 Å². The lowest BCUT2D eigenvalue weighted by Gasteiger charge is -2.27. The van der Waals surface area contributed by atoms with Crippen molar-refractivity contribution in [1.29, 1.82) is 0 Å². The number of hydrogen-bond donors (Lipinski definition) is 0. The highest BCUT2D eigenvalue weighted by Gasteiger charge is 2.39. The molecule has 2 fully saturated rings. The van der Waals surface area contributed by atoms with E-state index in [0.29, 0.717) is 0 Å². The van der Waals surface area contributed by atoms with Gasteiger partial charge in [-0.15, -0.1) is 0 Å². The van der Waals surface area contributed by atoms with Crippen LogP contribution < -0.4 is 0 Å². The monoisotopic (exact) mass is 301 g/mol. The zero-order valence-electron chi connectivity index (χ0n) is 11.5. The van der Waals surface area contributed by atoms with Gasteiger partial charge in [-0.1, -0.05) is 29.3 Å². The van der Waals surface area contributed by atoms with Crippen LogP contribution in [0.25, 0.3) is 0 Å². The van der Waals surface area contributed by atoms with E-state index in [1.54, 1.807) is 6.42 Å². The molecule has 4 unspecified atom stereocenters. The summed E-state index contributed by atoms with van der Waals surface area (Å²) in [4.78, 5) is 2.59. The molecule has 2 aliphatic rings. The van der Waals surface area contributed by atoms with Gasteiger partial charge in [0, 0.05) is 11.9 Å². The molecule has 2 saturated carbocycles. The van der Waals surface area contributed by atoms with Gasteiger partial charge in [0.2, 0.25) is 0 Å². The van der Waals surface area contributed by atoms with Gasteiger partial charge in [0.05, 0.1) is 0 Å². The van der Waals surface area contributed by atoms with Crippen molar-refractivity contribution in [3.8, 4) is 0 Å². The van der Waals surface area contributed by atoms with Crippen LogP contribution in [0.5, 0.6) is 0 Å². The fourth-order valence-corrected chi connectivity index (χ4v) is 4.64. The summed E-state index contributed by atoms with van der Waals surface area (Å²) in [7, 11) is 2.33. The molecule has 0 radical (unpaired) electrons. The Hall–Kier alpha value is 0.440. The van der Waals surface area contributed by atoms with E-state index in [-0.39, 0.29) is 0 Å². The summed E-state index contributed by atoms with van der Waals surface area (Å²) < 4.78 is 0. The van der Waals surface area contributed by atoms with Gasteiger partial charge < -0.3 is 4.90 Å². The summed E-state index contributed by atoms with van der Waals surface area (Å²) in [5.41, 5.74) is 0. The fraction of sp³-hybridized carbons (Fsp3) is 1.00. The van der Waals surface area contributed by atoms with Crippen molar-refractivity contribution in [3.05, 3.63) is 0 Å². The average Bonchev–Trinajstić information content (AvgIpc) is 2.88. The molecule has 17 heavy (non-hydrogen) atoms. The van der Waals surface area contributed by atoms with E-state index in [4.69, 9.17) is 0 Å². The molecule has 100 valence electrons. The second kappa shape index (κ2) is 6.56. The van der Waals surface area contributed by atoms with Crippen LogP contribution in [0.4, 0.5) is 0 Å². The lowest BCUT2D eigenvalue weighted by Crippen LogP contribution is -2.30. The molecule has 4 atom stereocenters. The van der Waals surface area contributed by atoms with E-state index in [1.165, 1.54) is 45.2 Å². The predicted molar refractivity (Wildman–Crippen MR) is 78.6 cm³/mol. The Morgan fingerprint density at radius 1 is 1.24 bits per heavy atom. The molecular formula is C15H28BrN. The van der Waals surface area contributed by atoms with E-state index >= 15 is 0 Å². The Labute approximate surface area is 115 Å². The summed E-state index contributed by atoms with van der Waals surface area (Å²) in [6.45, 7) is 5.04. The van der Waals surface area contributed by atoms with Gasteiger partial charge in [0.25, 0.3) is 0 Å². The van der Waals surface area contributed by atoms with E-state index in [9.17, 15) is 0 Å². The lowest BCUT2D eigenvalue weighted by atomic mass is 9.88. The Balaban J connectivity index is 1.62. The molecule has 0 amide bonds. The largest absolute Gasteiger partial charge is 0.306 e. The normalized spacial score (nSPS) is 33.5. The molecule has 0 heterocycles. The minimum Gasteiger partial charge on any atom is -0.306 e. The minimum absolute atomic E-state index is 0.872. The molecule has 0 spiro atoms. The lowest BCUT2D eigenvalue weighted by molar-refractivity contribution is 0.210. The van der Waals surface area contributed by atoms with Gasteiger partial charge in [-0.2, -0.15) is 0 Å². The van der Waals surface area contributed by atoms with Crippen LogP contribution in [0.15, 0.2) is 0 Å². The number of halogens is 1. The zero-order chi connectivity index (χ0) is 12.3. The molecule has 0 saturated heterocycles. The van der Waals surface area contributed by atoms with Crippen LogP contribution in [0, 0.1) is 23.7 Å². The second-order valence-electron chi connectivity index (χ2n) is 6.57. The van der Waals surface area contributed by atoms with Gasteiger partial charge >= 0.3 is 0 Å². The number of alkyl halides is 1. The van der Waals surface area contributed by atoms with Crippen LogP contribution in [-0.2, 0) is 0 Å². The molecule has 2 aliphatic carbocycles. The first-order valence-electron chi connectivity index (χ1n) is 7.43. The maximum absolute atomic E-state index is 3.54. The summed E-state index contributed by atoms with van der Waals surface area (Å²) >= 11 is 3.54. The van der Waals surface area contributed by atoms with Crippen LogP contribution in [0.2, 0.25) is 0 Å². The third-order valence-electron chi connectivity index (χ3n) is 5.04. The first kappa shape index (κ1) is 13.9. The maximum atomic E-state index is 3.54. The molecule has 0 N–H and O–H groups in total. The summed E-state index contributed by atoms with van der Waals surface area (Å²) in [5.74, 6) is 4.09. The Bertz CT molecular complexity index is 231. The Morgan fingerprint density at radius 3 is 2.65 bits per heavy atom. The van der Waals surface area contributed by atoms with Gasteiger partial charge in [-0.25, -0.2) is 0 Å². The number of nitrogens with zero attached hydrogens (tertiary/aromatic N) is 1. The topological polar surface area (TPSA) is 3.24 Å². The first-order chi connectivity index (χ1) is 8.19. The SMILES string of the molecule is CC(CCBr)CCN(C)CC1CC2CCC1C2. The zero-order valence-corrected chi connectivity index (χ0v) is 13.1. The van der Waals surface area contributed by atoms with Crippen LogP contribution in [0.3, 0.4) is 0 Å². The molecule has 0 aliphatic heterocycles. The van der Waals surface area contributed by atoms with E-state index in [1.807, 2.05) is 0 Å². The minimum atomic E-state index is 0.872. The van der Waals surface area contributed by atoms with Crippen molar-refractivity contribution in [2.45, 2.75) is 45.4 Å². The molecule has 0 aromatic heterocycles. The van der Waals surface area contributed by atoms with E-state index in [2.05, 4.69) is 34.8 Å². The maximum Gasteiger partial charge on any atom is 0.00338 e. The molecule has 2 heteroatoms. The fourth-order valence-electron chi connectivity index (χ4n) is 3.86. The molecule has 1 nitrogen and oxygen atoms in total. The summed E-state index contributed by atoms with van der Waals surface area (Å²) in [6.07, 6.45) is 8.84. The van der Waals surface area contributed by atoms with Crippen LogP contribution >= 0.6 is 15.9 Å². The van der Waals surface area contributed by atoms with Crippen molar-refractivity contribution in [1.82, 2.24) is 4.90 Å². The third kappa shape index (κ3) is 3.96. The first-order valence-corrected chi connectivity index (χ1v) is 8.55. The van der Waals surface area contributed by atoms with Crippen molar-refractivity contribution in [3.63, 3.8) is 0 Å². The highest BCUT2D eigenvalue weighted by molar-refractivity contribution is 9.09. The van der Waals surface area contributed by atoms with Gasteiger partial charge in [-0.3, -0.25) is 0 Å². The second-order valence-corrected chi connectivity index (χ2v) is 7.36. The Morgan fingerprint density at radius 2 is 2.06 bits per heavy atom. The summed E-state index contributed by atoms with van der Waals surface area (Å²) in [5, 5.41) is 1.16. The predicted octanol–water partition coefficient (Wildman–Crippen LogP) is 4.17. The number of rotatable bonds is 7. The molecule has 2 rings (SSSR count). The van der Waals surface area contributed by atoms with Crippen molar-refractivity contribution in [2.75, 3.05) is 25.5 Å². The third-order valence-corrected chi connectivity index (χ3v) is 5.49. The standard InChI is InChI=1S/C15H28BrN/c1-12(5-7-16)6-8-17(2)11-15-10-13-3-4-14(15)9-13/h12-15H,3-11H2,1-2H3. The number of fused-ring (bicyclic) bond motifs is 2. The van der Waals surface area contributed by atoms with E-state index < -0.39 is 0 Å². The van der Waals surface area contributed by atoms with Crippen molar-refractivity contribution >= 4 is 15.9 Å². The van der Waals surface area contributed by atoms with Gasteiger partial charge in [0.15, 0.2) is 0 Å². The van der Waals surface area contributed by atoms with Gasteiger partial charge in [-0.05, 0) is 69.4 Å². The molecule has 0 aromatic rings. The van der Waals surface area contributed by atoms with E-state index in [0.717, 1.165) is 29.0 Å². The average molecular weight is 302 g/mol. The highest BCUT2D eigenvalue weighted by Crippen LogP contribution is 2.48. The quantitative estimate of drug-likeness (QED) is 0.638. The van der Waals surface area contributed by atoms with Crippen LogP contribution in [-0.4, -0.2) is 30.4 Å².